The van der Waals surface area contributed by atoms with E-state index in [2.05, 4.69) is 19.9 Å². The summed E-state index contributed by atoms with van der Waals surface area (Å²) in [7, 11) is 3.30. The van der Waals surface area contributed by atoms with E-state index < -0.39 is 5.82 Å². The molecule has 0 radical (unpaired) electrons. The highest BCUT2D eigenvalue weighted by Gasteiger charge is 2.20. The van der Waals surface area contributed by atoms with Crippen LogP contribution in [0.2, 0.25) is 0 Å². The van der Waals surface area contributed by atoms with Gasteiger partial charge in [-0.2, -0.15) is 0 Å². The molecule has 4 N–H and O–H groups in total. The molecule has 36 heavy (non-hydrogen) atoms. The van der Waals surface area contributed by atoms with Crippen molar-refractivity contribution in [2.75, 3.05) is 37.8 Å². The van der Waals surface area contributed by atoms with Crippen molar-refractivity contribution in [2.24, 2.45) is 5.73 Å². The molecule has 0 aliphatic carbocycles. The van der Waals surface area contributed by atoms with Gasteiger partial charge in [0.05, 0.1) is 28.8 Å². The van der Waals surface area contributed by atoms with Gasteiger partial charge in [0.15, 0.2) is 0 Å². The molecular weight excluding hydrogens is 457 g/mol. The van der Waals surface area contributed by atoms with Crippen LogP contribution < -0.4 is 16.4 Å². The van der Waals surface area contributed by atoms with Gasteiger partial charge in [-0.25, -0.2) is 9.37 Å². The summed E-state index contributed by atoms with van der Waals surface area (Å²) in [6.07, 6.45) is 5.51. The number of aromatic nitrogens is 3. The Morgan fingerprint density at radius 3 is 2.72 bits per heavy atom. The summed E-state index contributed by atoms with van der Waals surface area (Å²) in [5.41, 5.74) is 16.7. The van der Waals surface area contributed by atoms with Crippen molar-refractivity contribution >= 4 is 28.2 Å². The van der Waals surface area contributed by atoms with Crippen molar-refractivity contribution in [2.45, 2.75) is 18.9 Å². The molecule has 0 saturated carbocycles. The number of benzene rings is 1. The molecule has 1 aliphatic rings. The highest BCUT2D eigenvalue weighted by atomic mass is 19.1. The Balaban J connectivity index is 1.59. The van der Waals surface area contributed by atoms with Gasteiger partial charge in [0.25, 0.3) is 5.91 Å². The Hall–Kier alpha value is -4.11. The predicted molar refractivity (Wildman–Crippen MR) is 140 cm³/mol. The lowest BCUT2D eigenvalue weighted by atomic mass is 10.0. The number of hydrogen-bond donors (Lipinski definition) is 2. The van der Waals surface area contributed by atoms with Crippen LogP contribution in [0.4, 0.5) is 15.8 Å². The maximum absolute atomic E-state index is 14.8. The van der Waals surface area contributed by atoms with Gasteiger partial charge in [-0.1, -0.05) is 0 Å². The maximum atomic E-state index is 14.8. The largest absolute Gasteiger partial charge is 0.397 e. The van der Waals surface area contributed by atoms with Crippen molar-refractivity contribution in [3.63, 3.8) is 0 Å². The fourth-order valence-electron chi connectivity index (χ4n) is 4.61. The van der Waals surface area contributed by atoms with Crippen LogP contribution >= 0.6 is 0 Å². The van der Waals surface area contributed by atoms with E-state index in [0.717, 1.165) is 42.5 Å². The number of carbonyl (C=O) groups is 1. The normalized spacial score (nSPS) is 15.8. The van der Waals surface area contributed by atoms with Crippen LogP contribution in [0.15, 0.2) is 54.9 Å². The van der Waals surface area contributed by atoms with Crippen molar-refractivity contribution in [3.05, 3.63) is 66.2 Å². The summed E-state index contributed by atoms with van der Waals surface area (Å²) in [6.45, 7) is 1.69. The molecule has 0 unspecified atom stereocenters. The average molecular weight is 486 g/mol. The van der Waals surface area contributed by atoms with E-state index in [9.17, 15) is 9.18 Å². The molecule has 1 atom stereocenters. The van der Waals surface area contributed by atoms with Crippen LogP contribution in [0.1, 0.15) is 23.2 Å². The molecule has 0 spiro atoms. The van der Waals surface area contributed by atoms with Crippen LogP contribution in [-0.2, 0) is 0 Å². The number of amides is 1. The van der Waals surface area contributed by atoms with E-state index in [4.69, 9.17) is 11.5 Å². The summed E-state index contributed by atoms with van der Waals surface area (Å²) in [6, 6.07) is 11.6. The van der Waals surface area contributed by atoms with Gasteiger partial charge >= 0.3 is 0 Å². The van der Waals surface area contributed by atoms with Gasteiger partial charge in [0.2, 0.25) is 0 Å². The summed E-state index contributed by atoms with van der Waals surface area (Å²) in [5.74, 6) is -0.700. The van der Waals surface area contributed by atoms with Crippen LogP contribution in [-0.4, -0.2) is 59.0 Å². The fraction of sp³-hybridized carbons (Fsp3) is 0.259. The number of carbonyl (C=O) groups excluding carboxylic acids is 1. The zero-order valence-electron chi connectivity index (χ0n) is 20.3. The lowest BCUT2D eigenvalue weighted by Gasteiger charge is -2.33. The third-order valence-electron chi connectivity index (χ3n) is 6.47. The zero-order chi connectivity index (χ0) is 25.4. The molecule has 184 valence electrons. The number of anilines is 2. The molecule has 3 aromatic heterocycles. The predicted octanol–water partition coefficient (Wildman–Crippen LogP) is 3.71. The molecule has 8 nitrogen and oxygen atoms in total. The van der Waals surface area contributed by atoms with Gasteiger partial charge in [-0.3, -0.25) is 14.8 Å². The number of piperidine rings is 1. The summed E-state index contributed by atoms with van der Waals surface area (Å²) in [4.78, 5) is 29.9. The van der Waals surface area contributed by atoms with Gasteiger partial charge < -0.3 is 21.3 Å². The molecule has 9 heteroatoms. The van der Waals surface area contributed by atoms with Gasteiger partial charge in [-0.15, -0.1) is 0 Å². The third-order valence-corrected chi connectivity index (χ3v) is 6.47. The lowest BCUT2D eigenvalue weighted by molar-refractivity contribution is 0.0827. The smallest absolute Gasteiger partial charge is 0.253 e. The van der Waals surface area contributed by atoms with E-state index in [-0.39, 0.29) is 17.5 Å². The summed E-state index contributed by atoms with van der Waals surface area (Å²) >= 11 is 0. The average Bonchev–Trinajstić information content (AvgIpc) is 2.88. The molecule has 1 aliphatic heterocycles. The van der Waals surface area contributed by atoms with Gasteiger partial charge in [-0.05, 0) is 55.3 Å². The second-order valence-electron chi connectivity index (χ2n) is 9.29. The van der Waals surface area contributed by atoms with E-state index in [1.54, 1.807) is 38.6 Å². The van der Waals surface area contributed by atoms with E-state index >= 15 is 0 Å². The van der Waals surface area contributed by atoms with Crippen molar-refractivity contribution in [3.8, 4) is 22.6 Å². The summed E-state index contributed by atoms with van der Waals surface area (Å²) in [5, 5.41) is 0.924. The van der Waals surface area contributed by atoms with Gasteiger partial charge in [0.1, 0.15) is 11.5 Å². The van der Waals surface area contributed by atoms with Crippen LogP contribution in [0.3, 0.4) is 0 Å². The number of hydrogen-bond acceptors (Lipinski definition) is 7. The molecule has 1 fully saturated rings. The van der Waals surface area contributed by atoms with E-state index in [0.29, 0.717) is 28.3 Å². The second kappa shape index (κ2) is 9.50. The SMILES string of the molecule is CN(C)C(=O)c1ccc(F)c(-c2ccc(N)c(-c3cc4c(N5CCC[C@H](N)C5)ccnc4cn3)n2)c1. The summed E-state index contributed by atoms with van der Waals surface area (Å²) < 4.78 is 14.8. The van der Waals surface area contributed by atoms with Crippen molar-refractivity contribution in [1.29, 1.82) is 0 Å². The molecule has 5 rings (SSSR count). The Bertz CT molecular complexity index is 1460. The first-order chi connectivity index (χ1) is 17.3. The minimum absolute atomic E-state index is 0.127. The second-order valence-corrected chi connectivity index (χ2v) is 9.29. The van der Waals surface area contributed by atoms with Crippen LogP contribution in [0.5, 0.6) is 0 Å². The first-order valence-corrected chi connectivity index (χ1v) is 11.9. The number of nitrogen functional groups attached to an aromatic ring is 1. The minimum atomic E-state index is -0.479. The topological polar surface area (TPSA) is 114 Å². The fourth-order valence-corrected chi connectivity index (χ4v) is 4.61. The van der Waals surface area contributed by atoms with E-state index in [1.807, 2.05) is 12.1 Å². The number of rotatable bonds is 4. The first-order valence-electron chi connectivity index (χ1n) is 11.9. The first kappa shape index (κ1) is 23.6. The highest BCUT2D eigenvalue weighted by Crippen LogP contribution is 2.33. The molecule has 4 heterocycles. The standard InChI is InChI=1S/C27H28FN7O/c1-34(2)27(36)16-5-6-20(28)18(12-16)22-8-7-21(30)26(33-22)23-13-19-24(14-32-23)31-10-9-25(19)35-11-3-4-17(29)15-35/h5-10,12-14,17H,3-4,11,15,29-30H2,1-2H3/t17-/m0/s1. The minimum Gasteiger partial charge on any atom is -0.397 e. The zero-order valence-corrected chi connectivity index (χ0v) is 20.3. The number of fused-ring (bicyclic) bond motifs is 1. The highest BCUT2D eigenvalue weighted by molar-refractivity contribution is 5.96. The molecular formula is C27H28FN7O. The van der Waals surface area contributed by atoms with Crippen LogP contribution in [0.25, 0.3) is 33.5 Å². The molecule has 0 bridgehead atoms. The number of nitrogens with two attached hydrogens (primary N) is 2. The van der Waals surface area contributed by atoms with Crippen molar-refractivity contribution in [1.82, 2.24) is 19.9 Å². The lowest BCUT2D eigenvalue weighted by Crippen LogP contribution is -2.42. The van der Waals surface area contributed by atoms with Crippen molar-refractivity contribution < 1.29 is 9.18 Å². The van der Waals surface area contributed by atoms with Gasteiger partial charge in [0, 0.05) is 61.6 Å². The molecule has 1 amide bonds. The van der Waals surface area contributed by atoms with E-state index in [1.165, 1.54) is 23.1 Å². The number of halogens is 1. The third kappa shape index (κ3) is 4.45. The van der Waals surface area contributed by atoms with Crippen LogP contribution in [0, 0.1) is 5.82 Å². The Kier molecular flexibility index (Phi) is 6.24. The Morgan fingerprint density at radius 1 is 1.11 bits per heavy atom. The Labute approximate surface area is 208 Å². The quantitative estimate of drug-likeness (QED) is 0.453. The maximum Gasteiger partial charge on any atom is 0.253 e. The Morgan fingerprint density at radius 2 is 1.94 bits per heavy atom. The molecule has 1 saturated heterocycles. The number of nitrogens with zero attached hydrogens (tertiary/aromatic N) is 5. The molecule has 1 aromatic carbocycles. The molecule has 4 aromatic rings. The monoisotopic (exact) mass is 485 g/mol. The number of pyridine rings is 3.